The quantitative estimate of drug-likeness (QED) is 0.434. The normalized spacial score (nSPS) is 11.4. The second kappa shape index (κ2) is 8.60. The highest BCUT2D eigenvalue weighted by molar-refractivity contribution is 7.92. The average Bonchev–Trinajstić information content (AvgIpc) is 3.10. The molecule has 4 aromatic rings. The number of nitrogens with zero attached hydrogens (tertiary/aromatic N) is 4. The predicted octanol–water partition coefficient (Wildman–Crippen LogP) is 4.83. The van der Waals surface area contributed by atoms with Crippen LogP contribution < -0.4 is 9.46 Å². The second-order valence-electron chi connectivity index (χ2n) is 7.14. The third-order valence-corrected chi connectivity index (χ3v) is 6.69. The van der Waals surface area contributed by atoms with E-state index in [4.69, 9.17) is 16.3 Å². The molecule has 32 heavy (non-hydrogen) atoms. The molecule has 2 heterocycles. The van der Waals surface area contributed by atoms with Crippen molar-refractivity contribution < 1.29 is 13.2 Å². The number of imidazole rings is 1. The van der Waals surface area contributed by atoms with Crippen LogP contribution in [-0.4, -0.2) is 27.9 Å². The largest absolute Gasteiger partial charge is 0.439 e. The van der Waals surface area contributed by atoms with Gasteiger partial charge in [-0.25, -0.2) is 23.4 Å². The Morgan fingerprint density at radius 3 is 2.38 bits per heavy atom. The predicted molar refractivity (Wildman–Crippen MR) is 122 cm³/mol. The molecule has 0 aliphatic heterocycles. The van der Waals surface area contributed by atoms with Gasteiger partial charge in [-0.3, -0.25) is 9.29 Å². The molecular weight excluding hydrogens is 450 g/mol. The Bertz CT molecular complexity index is 1390. The zero-order valence-corrected chi connectivity index (χ0v) is 19.1. The van der Waals surface area contributed by atoms with Gasteiger partial charge in [0, 0.05) is 22.5 Å². The van der Waals surface area contributed by atoms with Crippen molar-refractivity contribution in [3.8, 4) is 17.4 Å². The van der Waals surface area contributed by atoms with Crippen LogP contribution in [0.25, 0.3) is 5.82 Å². The molecule has 1 N–H and O–H groups in total. The van der Waals surface area contributed by atoms with Gasteiger partial charge in [0.1, 0.15) is 24.2 Å². The lowest BCUT2D eigenvalue weighted by molar-refractivity contribution is 0.461. The van der Waals surface area contributed by atoms with Crippen LogP contribution in [0.4, 0.5) is 5.69 Å². The molecule has 0 unspecified atom stereocenters. The Morgan fingerprint density at radius 1 is 0.969 bits per heavy atom. The molecule has 0 aliphatic carbocycles. The van der Waals surface area contributed by atoms with Crippen LogP contribution in [0.15, 0.2) is 66.1 Å². The number of rotatable bonds is 6. The molecule has 0 spiro atoms. The first-order valence-electron chi connectivity index (χ1n) is 9.63. The summed E-state index contributed by atoms with van der Waals surface area (Å²) in [7, 11) is -3.77. The number of hydrogen-bond donors (Lipinski definition) is 1. The number of sulfonamides is 1. The van der Waals surface area contributed by atoms with Crippen LogP contribution in [-0.2, 0) is 10.0 Å². The molecule has 0 aliphatic rings. The maximum Gasteiger partial charge on any atom is 0.261 e. The van der Waals surface area contributed by atoms with Crippen molar-refractivity contribution in [3.05, 3.63) is 83.2 Å². The molecule has 0 fully saturated rings. The summed E-state index contributed by atoms with van der Waals surface area (Å²) in [6.07, 6.45) is 3.10. The summed E-state index contributed by atoms with van der Waals surface area (Å²) in [5.41, 5.74) is 3.08. The minimum atomic E-state index is -3.77. The highest BCUT2D eigenvalue weighted by atomic mass is 35.5. The van der Waals surface area contributed by atoms with E-state index in [2.05, 4.69) is 19.7 Å². The first-order chi connectivity index (χ1) is 15.2. The lowest BCUT2D eigenvalue weighted by Gasteiger charge is -2.11. The Hall–Kier alpha value is -3.43. The number of anilines is 1. The van der Waals surface area contributed by atoms with Crippen molar-refractivity contribution >= 4 is 27.3 Å². The van der Waals surface area contributed by atoms with Gasteiger partial charge in [0.15, 0.2) is 0 Å². The summed E-state index contributed by atoms with van der Waals surface area (Å²) in [5, 5.41) is 0.391. The summed E-state index contributed by atoms with van der Waals surface area (Å²) in [6.45, 7) is 5.69. The van der Waals surface area contributed by atoms with Gasteiger partial charge in [-0.15, -0.1) is 0 Å². The van der Waals surface area contributed by atoms with Crippen molar-refractivity contribution in [2.45, 2.75) is 25.7 Å². The van der Waals surface area contributed by atoms with E-state index in [0.717, 1.165) is 17.0 Å². The Kier molecular flexibility index (Phi) is 5.86. The van der Waals surface area contributed by atoms with Gasteiger partial charge in [-0.1, -0.05) is 17.7 Å². The lowest BCUT2D eigenvalue weighted by Crippen LogP contribution is -2.12. The third kappa shape index (κ3) is 4.58. The Labute approximate surface area is 191 Å². The molecule has 0 bridgehead atoms. The summed E-state index contributed by atoms with van der Waals surface area (Å²) in [4.78, 5) is 12.8. The molecule has 10 heteroatoms. The van der Waals surface area contributed by atoms with Gasteiger partial charge >= 0.3 is 0 Å². The molecule has 0 amide bonds. The number of hydrogen-bond acceptors (Lipinski definition) is 6. The third-order valence-electron chi connectivity index (χ3n) is 4.91. The lowest BCUT2D eigenvalue weighted by atomic mass is 10.2. The van der Waals surface area contributed by atoms with Crippen molar-refractivity contribution in [2.75, 3.05) is 4.72 Å². The zero-order valence-electron chi connectivity index (χ0n) is 17.6. The molecule has 2 aromatic carbocycles. The topological polar surface area (TPSA) is 99.0 Å². The first kappa shape index (κ1) is 21.8. The van der Waals surface area contributed by atoms with Gasteiger partial charge in [0.2, 0.25) is 5.88 Å². The van der Waals surface area contributed by atoms with E-state index in [1.54, 1.807) is 42.7 Å². The van der Waals surface area contributed by atoms with Crippen LogP contribution in [0.1, 0.15) is 17.0 Å². The van der Waals surface area contributed by atoms with Gasteiger partial charge in [0.05, 0.1) is 10.6 Å². The average molecular weight is 470 g/mol. The van der Waals surface area contributed by atoms with Crippen LogP contribution in [0.2, 0.25) is 5.02 Å². The Balaban J connectivity index is 1.49. The molecule has 0 radical (unpaired) electrons. The monoisotopic (exact) mass is 469 g/mol. The molecular formula is C22H20ClN5O3S. The molecule has 0 saturated heterocycles. The van der Waals surface area contributed by atoms with E-state index >= 15 is 0 Å². The van der Waals surface area contributed by atoms with Crippen LogP contribution in [0, 0.1) is 20.8 Å². The fraction of sp³-hybridized carbons (Fsp3) is 0.136. The summed E-state index contributed by atoms with van der Waals surface area (Å²) in [6, 6.07) is 12.8. The fourth-order valence-electron chi connectivity index (χ4n) is 2.91. The van der Waals surface area contributed by atoms with Gasteiger partial charge < -0.3 is 4.74 Å². The highest BCUT2D eigenvalue weighted by Gasteiger charge is 2.15. The standard InChI is InChI=1S/C22H20ClN5O3S/c1-14-4-9-19(10-20(14)23)32(29,30)27-17-5-7-18(8-6-17)31-22-11-21(24-12-25-22)28-13-26-15(2)16(28)3/h4-13,27H,1-3H3. The number of ether oxygens (including phenoxy) is 1. The molecule has 164 valence electrons. The van der Waals surface area contributed by atoms with Gasteiger partial charge in [0.25, 0.3) is 10.0 Å². The number of aromatic nitrogens is 4. The fourth-order valence-corrected chi connectivity index (χ4v) is 4.24. The highest BCUT2D eigenvalue weighted by Crippen LogP contribution is 2.25. The smallest absolute Gasteiger partial charge is 0.261 e. The van der Waals surface area contributed by atoms with E-state index in [1.807, 2.05) is 25.3 Å². The van der Waals surface area contributed by atoms with Crippen molar-refractivity contribution in [1.82, 2.24) is 19.5 Å². The number of aryl methyl sites for hydroxylation is 2. The summed E-state index contributed by atoms with van der Waals surface area (Å²) >= 11 is 6.06. The molecule has 2 aromatic heterocycles. The second-order valence-corrected chi connectivity index (χ2v) is 9.23. The zero-order chi connectivity index (χ0) is 22.9. The van der Waals surface area contributed by atoms with E-state index in [1.165, 1.54) is 18.5 Å². The molecule has 8 nitrogen and oxygen atoms in total. The van der Waals surface area contributed by atoms with E-state index in [0.29, 0.717) is 28.2 Å². The van der Waals surface area contributed by atoms with E-state index < -0.39 is 10.0 Å². The van der Waals surface area contributed by atoms with Crippen molar-refractivity contribution in [3.63, 3.8) is 0 Å². The summed E-state index contributed by atoms with van der Waals surface area (Å²) in [5.74, 6) is 1.48. The molecule has 0 saturated carbocycles. The maximum atomic E-state index is 12.6. The molecule has 4 rings (SSSR count). The maximum absolute atomic E-state index is 12.6. The van der Waals surface area contributed by atoms with Crippen LogP contribution in [0.5, 0.6) is 11.6 Å². The van der Waals surface area contributed by atoms with Crippen LogP contribution >= 0.6 is 11.6 Å². The Morgan fingerprint density at radius 2 is 1.72 bits per heavy atom. The van der Waals surface area contributed by atoms with Crippen LogP contribution in [0.3, 0.4) is 0 Å². The number of halogens is 1. The SMILES string of the molecule is Cc1ccc(S(=O)(=O)Nc2ccc(Oc3cc(-n4cnc(C)c4C)ncn3)cc2)cc1Cl. The van der Waals surface area contributed by atoms with Crippen molar-refractivity contribution in [2.24, 2.45) is 0 Å². The van der Waals surface area contributed by atoms with Gasteiger partial charge in [-0.2, -0.15) is 0 Å². The summed E-state index contributed by atoms with van der Waals surface area (Å²) < 4.78 is 35.4. The number of nitrogens with one attached hydrogen (secondary N) is 1. The van der Waals surface area contributed by atoms with E-state index in [9.17, 15) is 8.42 Å². The van der Waals surface area contributed by atoms with Gasteiger partial charge in [-0.05, 0) is 62.7 Å². The minimum Gasteiger partial charge on any atom is -0.439 e. The number of benzene rings is 2. The molecule has 0 atom stereocenters. The first-order valence-corrected chi connectivity index (χ1v) is 11.5. The van der Waals surface area contributed by atoms with Crippen molar-refractivity contribution in [1.29, 1.82) is 0 Å². The van der Waals surface area contributed by atoms with E-state index in [-0.39, 0.29) is 4.90 Å². The minimum absolute atomic E-state index is 0.0898.